The van der Waals surface area contributed by atoms with Crippen molar-refractivity contribution in [3.8, 4) is 0 Å². The predicted octanol–water partition coefficient (Wildman–Crippen LogP) is 1.30. The van der Waals surface area contributed by atoms with E-state index < -0.39 is 15.2 Å². The summed E-state index contributed by atoms with van der Waals surface area (Å²) in [5, 5.41) is 0. The van der Waals surface area contributed by atoms with Crippen LogP contribution in [0.25, 0.3) is 0 Å². The lowest BCUT2D eigenvalue weighted by molar-refractivity contribution is 0.353. The highest BCUT2D eigenvalue weighted by Gasteiger charge is 2.07. The first-order valence-corrected chi connectivity index (χ1v) is 4.96. The molecule has 0 aliphatic rings. The lowest BCUT2D eigenvalue weighted by Gasteiger charge is -1.95. The van der Waals surface area contributed by atoms with Gasteiger partial charge in [0.25, 0.3) is 0 Å². The van der Waals surface area contributed by atoms with E-state index >= 15 is 0 Å². The van der Waals surface area contributed by atoms with Crippen LogP contribution in [-0.4, -0.2) is 20.3 Å². The zero-order valence-corrected chi connectivity index (χ0v) is 6.54. The lowest BCUT2D eigenvalue weighted by atomic mass is 10.3. The number of hydrogen-bond acceptors (Lipinski definition) is 2. The molecule has 0 saturated carbocycles. The summed E-state index contributed by atoms with van der Waals surface area (Å²) in [6, 6.07) is 0. The van der Waals surface area contributed by atoms with Gasteiger partial charge in [-0.1, -0.05) is 0 Å². The highest BCUT2D eigenvalue weighted by atomic mass is 35.7. The summed E-state index contributed by atoms with van der Waals surface area (Å²) in [5.74, 6) is -0.285. The molecule has 0 rings (SSSR count). The summed E-state index contributed by atoms with van der Waals surface area (Å²) in [7, 11) is 1.30. The SMILES string of the molecule is C[C@@H](F)CCS(=O)(=O)Cl. The van der Waals surface area contributed by atoms with Gasteiger partial charge >= 0.3 is 0 Å². The van der Waals surface area contributed by atoms with Gasteiger partial charge in [-0.25, -0.2) is 12.8 Å². The minimum atomic E-state index is -3.49. The third-order valence-electron chi connectivity index (χ3n) is 0.759. The maximum atomic E-state index is 11.9. The van der Waals surface area contributed by atoms with Gasteiger partial charge in [-0.15, -0.1) is 0 Å². The van der Waals surface area contributed by atoms with E-state index in [4.69, 9.17) is 10.7 Å². The maximum absolute atomic E-state index is 11.9. The Morgan fingerprint density at radius 2 is 2.11 bits per heavy atom. The maximum Gasteiger partial charge on any atom is 0.232 e. The summed E-state index contributed by atoms with van der Waals surface area (Å²) in [6.07, 6.45) is -1.12. The van der Waals surface area contributed by atoms with Crippen LogP contribution in [-0.2, 0) is 9.05 Å². The smallest absolute Gasteiger partial charge is 0.232 e. The summed E-state index contributed by atoms with van der Waals surface area (Å²) in [5.41, 5.74) is 0. The molecule has 0 amide bonds. The van der Waals surface area contributed by atoms with Gasteiger partial charge in [-0.05, 0) is 13.3 Å². The van der Waals surface area contributed by atoms with Crippen molar-refractivity contribution in [2.24, 2.45) is 0 Å². The van der Waals surface area contributed by atoms with Crippen molar-refractivity contribution >= 4 is 19.7 Å². The molecule has 0 radical (unpaired) electrons. The van der Waals surface area contributed by atoms with Gasteiger partial charge in [0.1, 0.15) is 0 Å². The van der Waals surface area contributed by atoms with E-state index in [-0.39, 0.29) is 12.2 Å². The Bertz CT molecular complexity index is 163. The van der Waals surface area contributed by atoms with Gasteiger partial charge in [0, 0.05) is 10.7 Å². The van der Waals surface area contributed by atoms with Gasteiger partial charge < -0.3 is 0 Å². The van der Waals surface area contributed by atoms with E-state index in [9.17, 15) is 12.8 Å². The van der Waals surface area contributed by atoms with Crippen LogP contribution in [0.3, 0.4) is 0 Å². The molecule has 0 saturated heterocycles. The first-order chi connectivity index (χ1) is 3.92. The molecular formula is C4H8ClFO2S. The number of halogens is 2. The Morgan fingerprint density at radius 3 is 2.22 bits per heavy atom. The van der Waals surface area contributed by atoms with Crippen LogP contribution in [0, 0.1) is 0 Å². The Kier molecular flexibility index (Phi) is 3.43. The summed E-state index contributed by atoms with van der Waals surface area (Å²) >= 11 is 0. The first kappa shape index (κ1) is 9.17. The molecule has 1 atom stereocenters. The third kappa shape index (κ3) is 8.17. The van der Waals surface area contributed by atoms with Crippen LogP contribution < -0.4 is 0 Å². The molecule has 0 spiro atoms. The normalized spacial score (nSPS) is 15.4. The van der Waals surface area contributed by atoms with E-state index in [1.54, 1.807) is 0 Å². The van der Waals surface area contributed by atoms with Crippen LogP contribution in [0.1, 0.15) is 13.3 Å². The van der Waals surface area contributed by atoms with Crippen molar-refractivity contribution in [1.82, 2.24) is 0 Å². The molecule has 2 nitrogen and oxygen atoms in total. The topological polar surface area (TPSA) is 34.1 Å². The Labute approximate surface area is 58.4 Å². The molecule has 56 valence electrons. The second-order valence-corrected chi connectivity index (χ2v) is 4.71. The Balaban J connectivity index is 3.53. The quantitative estimate of drug-likeness (QED) is 0.605. The van der Waals surface area contributed by atoms with Crippen molar-refractivity contribution in [3.05, 3.63) is 0 Å². The molecule has 0 bridgehead atoms. The van der Waals surface area contributed by atoms with Crippen molar-refractivity contribution in [3.63, 3.8) is 0 Å². The van der Waals surface area contributed by atoms with E-state index in [0.29, 0.717) is 0 Å². The molecule has 0 aliphatic heterocycles. The molecular weight excluding hydrogens is 167 g/mol. The average Bonchev–Trinajstić information content (AvgIpc) is 1.59. The number of alkyl halides is 1. The predicted molar refractivity (Wildman–Crippen MR) is 34.8 cm³/mol. The van der Waals surface area contributed by atoms with E-state index in [0.717, 1.165) is 0 Å². The number of rotatable bonds is 3. The minimum absolute atomic E-state index is 0.0220. The molecule has 0 aromatic heterocycles. The van der Waals surface area contributed by atoms with Crippen LogP contribution in [0.15, 0.2) is 0 Å². The standard InChI is InChI=1S/C4H8ClFO2S/c1-4(6)2-3-9(5,7)8/h4H,2-3H2,1H3/t4-/m1/s1. The molecule has 0 heterocycles. The summed E-state index contributed by atoms with van der Waals surface area (Å²) in [4.78, 5) is 0. The molecule has 0 N–H and O–H groups in total. The van der Waals surface area contributed by atoms with Crippen molar-refractivity contribution in [2.45, 2.75) is 19.5 Å². The fourth-order valence-corrected chi connectivity index (χ4v) is 1.18. The molecule has 0 fully saturated rings. The minimum Gasteiger partial charge on any atom is -0.248 e. The van der Waals surface area contributed by atoms with E-state index in [2.05, 4.69) is 0 Å². The van der Waals surface area contributed by atoms with Crippen molar-refractivity contribution in [1.29, 1.82) is 0 Å². The van der Waals surface area contributed by atoms with Gasteiger partial charge in [0.05, 0.1) is 11.9 Å². The second-order valence-electron chi connectivity index (χ2n) is 1.81. The van der Waals surface area contributed by atoms with Gasteiger partial charge in [0.2, 0.25) is 9.05 Å². The highest BCUT2D eigenvalue weighted by molar-refractivity contribution is 8.13. The van der Waals surface area contributed by atoms with Crippen LogP contribution in [0.2, 0.25) is 0 Å². The van der Waals surface area contributed by atoms with Gasteiger partial charge in [-0.2, -0.15) is 0 Å². The third-order valence-corrected chi connectivity index (χ3v) is 1.95. The average molecular weight is 175 g/mol. The summed E-state index contributed by atoms with van der Waals surface area (Å²) < 4.78 is 32.2. The zero-order valence-electron chi connectivity index (χ0n) is 4.97. The molecule has 9 heavy (non-hydrogen) atoms. The Morgan fingerprint density at radius 1 is 1.67 bits per heavy atom. The zero-order chi connectivity index (χ0) is 7.49. The highest BCUT2D eigenvalue weighted by Crippen LogP contribution is 2.03. The summed E-state index contributed by atoms with van der Waals surface area (Å²) in [6.45, 7) is 1.29. The molecule has 0 aliphatic carbocycles. The fraction of sp³-hybridized carbons (Fsp3) is 1.00. The molecule has 5 heteroatoms. The van der Waals surface area contributed by atoms with Gasteiger partial charge in [-0.3, -0.25) is 0 Å². The van der Waals surface area contributed by atoms with Crippen LogP contribution in [0.4, 0.5) is 4.39 Å². The van der Waals surface area contributed by atoms with Crippen LogP contribution >= 0.6 is 10.7 Å². The largest absolute Gasteiger partial charge is 0.248 e. The van der Waals surface area contributed by atoms with E-state index in [1.807, 2.05) is 0 Å². The lowest BCUT2D eigenvalue weighted by Crippen LogP contribution is -2.03. The Hall–Kier alpha value is 0.170. The van der Waals surface area contributed by atoms with Crippen molar-refractivity contribution < 1.29 is 12.8 Å². The molecule has 0 aromatic rings. The monoisotopic (exact) mass is 174 g/mol. The number of hydrogen-bond donors (Lipinski definition) is 0. The van der Waals surface area contributed by atoms with Crippen molar-refractivity contribution in [2.75, 3.05) is 5.75 Å². The second kappa shape index (κ2) is 3.37. The van der Waals surface area contributed by atoms with Gasteiger partial charge in [0.15, 0.2) is 0 Å². The molecule has 0 unspecified atom stereocenters. The fourth-order valence-electron chi connectivity index (χ4n) is 0.303. The molecule has 0 aromatic carbocycles. The van der Waals surface area contributed by atoms with E-state index in [1.165, 1.54) is 6.92 Å². The first-order valence-electron chi connectivity index (χ1n) is 2.48. The van der Waals surface area contributed by atoms with Crippen LogP contribution in [0.5, 0.6) is 0 Å².